The molecular weight excluding hydrogens is 372 g/mol. The van der Waals surface area contributed by atoms with Gasteiger partial charge in [-0.25, -0.2) is 0 Å². The lowest BCUT2D eigenvalue weighted by Crippen LogP contribution is -2.22. The molecule has 2 heterocycles. The van der Waals surface area contributed by atoms with E-state index in [0.29, 0.717) is 29.3 Å². The molecule has 0 bridgehead atoms. The number of nitrogens with zero attached hydrogens (tertiary/aromatic N) is 1. The molecule has 2 aliphatic heterocycles. The Labute approximate surface area is 148 Å². The second-order valence-electron chi connectivity index (χ2n) is 6.24. The Hall–Kier alpha value is -2.05. The summed E-state index contributed by atoms with van der Waals surface area (Å²) < 4.78 is 6.83. The summed E-state index contributed by atoms with van der Waals surface area (Å²) in [7, 11) is 0. The highest BCUT2D eigenvalue weighted by Gasteiger charge is 2.27. The quantitative estimate of drug-likeness (QED) is 0.781. The van der Waals surface area contributed by atoms with Crippen LogP contribution in [-0.4, -0.2) is 30.2 Å². The predicted molar refractivity (Wildman–Crippen MR) is 96.2 cm³/mol. The van der Waals surface area contributed by atoms with Crippen molar-refractivity contribution >= 4 is 33.2 Å². The van der Waals surface area contributed by atoms with Crippen molar-refractivity contribution in [3.63, 3.8) is 0 Å². The van der Waals surface area contributed by atoms with Crippen LogP contribution in [0.2, 0.25) is 0 Å². The van der Waals surface area contributed by atoms with Crippen molar-refractivity contribution in [1.29, 1.82) is 0 Å². The zero-order valence-electron chi connectivity index (χ0n) is 13.2. The molecule has 2 aliphatic rings. The molecule has 1 amide bonds. The Morgan fingerprint density at radius 1 is 1.29 bits per heavy atom. The molecule has 24 heavy (non-hydrogen) atoms. The van der Waals surface area contributed by atoms with Gasteiger partial charge in [-0.3, -0.25) is 4.79 Å². The summed E-state index contributed by atoms with van der Waals surface area (Å²) >= 11 is 3.55. The monoisotopic (exact) mass is 388 g/mol. The second kappa shape index (κ2) is 5.79. The predicted octanol–water partition coefficient (Wildman–Crippen LogP) is 3.69. The number of ether oxygens (including phenoxy) is 1. The van der Waals surface area contributed by atoms with Crippen molar-refractivity contribution in [2.75, 3.05) is 23.3 Å². The number of benzene rings is 2. The molecule has 0 spiro atoms. The average molecular weight is 389 g/mol. The first kappa shape index (κ1) is 15.5. The van der Waals surface area contributed by atoms with Crippen LogP contribution in [0.4, 0.5) is 11.4 Å². The second-order valence-corrected chi connectivity index (χ2v) is 7.10. The minimum absolute atomic E-state index is 0.192. The Bertz CT molecular complexity index is 837. The minimum Gasteiger partial charge on any atom is -0.454 e. The van der Waals surface area contributed by atoms with Gasteiger partial charge in [0, 0.05) is 23.6 Å². The van der Waals surface area contributed by atoms with Gasteiger partial charge < -0.3 is 20.1 Å². The smallest absolute Gasteiger partial charge is 0.259 e. The van der Waals surface area contributed by atoms with E-state index in [1.54, 1.807) is 6.07 Å². The van der Waals surface area contributed by atoms with E-state index >= 15 is 0 Å². The van der Waals surface area contributed by atoms with Gasteiger partial charge in [-0.2, -0.15) is 0 Å². The fraction of sp³-hybridized carbons (Fsp3) is 0.278. The number of aliphatic hydroxyl groups is 1. The van der Waals surface area contributed by atoms with Gasteiger partial charge in [-0.15, -0.1) is 0 Å². The summed E-state index contributed by atoms with van der Waals surface area (Å²) in [6.45, 7) is 3.33. The molecule has 1 fully saturated rings. The Balaban J connectivity index is 1.78. The first-order valence-corrected chi connectivity index (χ1v) is 8.67. The van der Waals surface area contributed by atoms with E-state index in [0.717, 1.165) is 28.7 Å². The summed E-state index contributed by atoms with van der Waals surface area (Å²) in [6, 6.07) is 9.36. The molecule has 1 atom stereocenters. The van der Waals surface area contributed by atoms with Crippen molar-refractivity contribution in [2.45, 2.75) is 19.4 Å². The summed E-state index contributed by atoms with van der Waals surface area (Å²) in [5.74, 6) is 0.958. The van der Waals surface area contributed by atoms with Crippen LogP contribution in [0.3, 0.4) is 0 Å². The molecule has 4 rings (SSSR count). The molecule has 0 saturated carbocycles. The highest BCUT2D eigenvalue weighted by Crippen LogP contribution is 2.41. The number of carbonyl (C=O) groups excluding carboxylic acids is 1. The number of aliphatic hydroxyl groups excluding tert-OH is 1. The Morgan fingerprint density at radius 3 is 2.88 bits per heavy atom. The first-order valence-electron chi connectivity index (χ1n) is 7.87. The van der Waals surface area contributed by atoms with Gasteiger partial charge in [0.1, 0.15) is 5.75 Å². The number of anilines is 2. The van der Waals surface area contributed by atoms with Gasteiger partial charge in [-0.05, 0) is 53.0 Å². The molecule has 5 nitrogen and oxygen atoms in total. The Morgan fingerprint density at radius 2 is 2.12 bits per heavy atom. The Kier molecular flexibility index (Phi) is 3.73. The topological polar surface area (TPSA) is 61.8 Å². The number of nitrogens with one attached hydrogen (secondary N) is 1. The van der Waals surface area contributed by atoms with Crippen molar-refractivity contribution in [1.82, 2.24) is 0 Å². The van der Waals surface area contributed by atoms with E-state index in [4.69, 9.17) is 4.74 Å². The molecule has 0 unspecified atom stereocenters. The molecule has 2 N–H and O–H groups in total. The van der Waals surface area contributed by atoms with Crippen LogP contribution >= 0.6 is 15.9 Å². The van der Waals surface area contributed by atoms with Crippen LogP contribution in [0.15, 0.2) is 34.8 Å². The summed E-state index contributed by atoms with van der Waals surface area (Å²) in [4.78, 5) is 14.6. The SMILES string of the molecule is Cc1ccc2c(c1)NC(=O)c1cc(Br)c(N3CC[C@@H](O)C3)cc1O2. The third-order valence-electron chi connectivity index (χ3n) is 4.40. The standard InChI is InChI=1S/C18H17BrN2O3/c1-10-2-3-16-14(6-10)20-18(23)12-7-13(19)15(8-17(12)24-16)21-5-4-11(22)9-21/h2-3,6-8,11,22H,4-5,9H2,1H3,(H,20,23)/t11-/m1/s1. The van der Waals surface area contributed by atoms with Gasteiger partial charge in [0.05, 0.1) is 23.0 Å². The van der Waals surface area contributed by atoms with Crippen molar-refractivity contribution in [3.8, 4) is 11.5 Å². The average Bonchev–Trinajstić information content (AvgIpc) is 2.91. The molecule has 6 heteroatoms. The van der Waals surface area contributed by atoms with Crippen LogP contribution in [0.5, 0.6) is 11.5 Å². The summed E-state index contributed by atoms with van der Waals surface area (Å²) in [6.07, 6.45) is 0.427. The van der Waals surface area contributed by atoms with E-state index in [1.807, 2.05) is 31.2 Å². The lowest BCUT2D eigenvalue weighted by Gasteiger charge is -2.21. The number of hydrogen-bond donors (Lipinski definition) is 2. The normalized spacial score (nSPS) is 19.2. The van der Waals surface area contributed by atoms with Crippen molar-refractivity contribution < 1.29 is 14.6 Å². The van der Waals surface area contributed by atoms with E-state index in [2.05, 4.69) is 26.1 Å². The van der Waals surface area contributed by atoms with Gasteiger partial charge in [-0.1, -0.05) is 6.07 Å². The van der Waals surface area contributed by atoms with E-state index in [9.17, 15) is 9.90 Å². The largest absolute Gasteiger partial charge is 0.454 e. The van der Waals surface area contributed by atoms with Crippen LogP contribution in [-0.2, 0) is 0 Å². The summed E-state index contributed by atoms with van der Waals surface area (Å²) in [5.41, 5.74) is 3.13. The number of halogens is 1. The molecule has 2 aromatic rings. The zero-order chi connectivity index (χ0) is 16.8. The molecule has 2 aromatic carbocycles. The molecule has 0 aliphatic carbocycles. The molecule has 1 saturated heterocycles. The molecule has 0 aromatic heterocycles. The number of carbonyl (C=O) groups is 1. The van der Waals surface area contributed by atoms with Crippen LogP contribution in [0.25, 0.3) is 0 Å². The third-order valence-corrected chi connectivity index (χ3v) is 5.04. The van der Waals surface area contributed by atoms with E-state index in [-0.39, 0.29) is 12.0 Å². The van der Waals surface area contributed by atoms with Crippen LogP contribution in [0.1, 0.15) is 22.3 Å². The number of amides is 1. The lowest BCUT2D eigenvalue weighted by molar-refractivity contribution is 0.102. The van der Waals surface area contributed by atoms with Crippen LogP contribution < -0.4 is 15.0 Å². The zero-order valence-corrected chi connectivity index (χ0v) is 14.8. The maximum Gasteiger partial charge on any atom is 0.259 e. The van der Waals surface area contributed by atoms with Gasteiger partial charge >= 0.3 is 0 Å². The number of rotatable bonds is 1. The van der Waals surface area contributed by atoms with Crippen LogP contribution in [0, 0.1) is 6.92 Å². The number of aryl methyl sites for hydroxylation is 1. The van der Waals surface area contributed by atoms with E-state index < -0.39 is 0 Å². The van der Waals surface area contributed by atoms with Crippen molar-refractivity contribution in [3.05, 3.63) is 45.9 Å². The lowest BCUT2D eigenvalue weighted by atomic mass is 10.1. The minimum atomic E-state index is -0.316. The highest BCUT2D eigenvalue weighted by molar-refractivity contribution is 9.10. The highest BCUT2D eigenvalue weighted by atomic mass is 79.9. The van der Waals surface area contributed by atoms with Gasteiger partial charge in [0.15, 0.2) is 5.75 Å². The van der Waals surface area contributed by atoms with Gasteiger partial charge in [0.2, 0.25) is 0 Å². The number of fused-ring (bicyclic) bond motifs is 2. The van der Waals surface area contributed by atoms with E-state index in [1.165, 1.54) is 0 Å². The maximum absolute atomic E-state index is 12.6. The summed E-state index contributed by atoms with van der Waals surface area (Å²) in [5, 5.41) is 12.7. The molecule has 0 radical (unpaired) electrons. The fourth-order valence-corrected chi connectivity index (χ4v) is 3.74. The maximum atomic E-state index is 12.6. The fourth-order valence-electron chi connectivity index (χ4n) is 3.15. The number of β-amino-alcohol motifs (C(OH)–C–C–N with tert-alkyl or cyclic N) is 1. The molecular formula is C18H17BrN2O3. The van der Waals surface area contributed by atoms with Crippen molar-refractivity contribution in [2.24, 2.45) is 0 Å². The number of hydrogen-bond acceptors (Lipinski definition) is 4. The molecule has 124 valence electrons. The van der Waals surface area contributed by atoms with Gasteiger partial charge in [0.25, 0.3) is 5.91 Å². The first-order chi connectivity index (χ1) is 11.5. The third kappa shape index (κ3) is 2.65.